The molecule has 0 aliphatic heterocycles. The zero-order valence-corrected chi connectivity index (χ0v) is 11.5. The molecule has 0 radical (unpaired) electrons. The highest BCUT2D eigenvalue weighted by atomic mass is 35.5. The van der Waals surface area contributed by atoms with E-state index in [1.165, 1.54) is 32.1 Å². The van der Waals surface area contributed by atoms with E-state index in [0.717, 1.165) is 5.69 Å². The van der Waals surface area contributed by atoms with Crippen molar-refractivity contribution in [3.63, 3.8) is 0 Å². The van der Waals surface area contributed by atoms with Gasteiger partial charge in [0.1, 0.15) is 5.15 Å². The molecular formula is C12H14Cl2N4. The first-order chi connectivity index (χ1) is 8.78. The predicted octanol–water partition coefficient (Wildman–Crippen LogP) is 3.56. The van der Waals surface area contributed by atoms with E-state index in [2.05, 4.69) is 15.1 Å². The van der Waals surface area contributed by atoms with E-state index in [1.807, 2.05) is 6.07 Å². The molecule has 2 aromatic rings. The molecule has 96 valence electrons. The van der Waals surface area contributed by atoms with E-state index in [4.69, 9.17) is 23.2 Å². The van der Waals surface area contributed by atoms with Crippen LogP contribution in [-0.4, -0.2) is 19.6 Å². The first-order valence-corrected chi connectivity index (χ1v) is 7.17. The Bertz CT molecular complexity index is 560. The summed E-state index contributed by atoms with van der Waals surface area (Å²) in [7, 11) is 0. The van der Waals surface area contributed by atoms with E-state index in [0.29, 0.717) is 22.7 Å². The number of fused-ring (bicyclic) bond motifs is 1. The summed E-state index contributed by atoms with van der Waals surface area (Å²) >= 11 is 12.0. The average molecular weight is 285 g/mol. The molecule has 0 aromatic carbocycles. The lowest BCUT2D eigenvalue weighted by atomic mass is 9.87. The van der Waals surface area contributed by atoms with Gasteiger partial charge in [0.2, 0.25) is 0 Å². The van der Waals surface area contributed by atoms with Gasteiger partial charge >= 0.3 is 0 Å². The summed E-state index contributed by atoms with van der Waals surface area (Å²) in [5, 5.41) is 4.76. The normalized spacial score (nSPS) is 17.4. The Morgan fingerprint density at radius 1 is 1.22 bits per heavy atom. The van der Waals surface area contributed by atoms with Gasteiger partial charge < -0.3 is 0 Å². The number of rotatable bonds is 2. The first-order valence-electron chi connectivity index (χ1n) is 6.26. The average Bonchev–Trinajstić information content (AvgIpc) is 2.83. The van der Waals surface area contributed by atoms with Gasteiger partial charge in [0.15, 0.2) is 5.82 Å². The Hall–Kier alpha value is -0.870. The maximum atomic E-state index is 6.23. The topological polar surface area (TPSA) is 43.1 Å². The van der Waals surface area contributed by atoms with Crippen molar-refractivity contribution in [3.8, 4) is 0 Å². The summed E-state index contributed by atoms with van der Waals surface area (Å²) in [6.07, 6.45) is 6.25. The Kier molecular flexibility index (Phi) is 3.39. The second-order valence-corrected chi connectivity index (χ2v) is 5.37. The molecule has 0 N–H and O–H groups in total. The van der Waals surface area contributed by atoms with Crippen molar-refractivity contribution in [1.82, 2.24) is 19.6 Å². The van der Waals surface area contributed by atoms with Gasteiger partial charge in [0.25, 0.3) is 5.78 Å². The summed E-state index contributed by atoms with van der Waals surface area (Å²) < 4.78 is 1.55. The lowest BCUT2D eigenvalue weighted by molar-refractivity contribution is 0.436. The molecule has 18 heavy (non-hydrogen) atoms. The van der Waals surface area contributed by atoms with Crippen LogP contribution >= 0.6 is 23.2 Å². The molecule has 4 nitrogen and oxygen atoms in total. The van der Waals surface area contributed by atoms with Crippen LogP contribution in [0.4, 0.5) is 0 Å². The molecule has 1 saturated carbocycles. The molecular weight excluding hydrogens is 271 g/mol. The van der Waals surface area contributed by atoms with Crippen LogP contribution in [0.2, 0.25) is 5.15 Å². The molecule has 6 heteroatoms. The summed E-state index contributed by atoms with van der Waals surface area (Å²) in [5.74, 6) is 1.90. The largest absolute Gasteiger partial charge is 0.254 e. The molecule has 1 fully saturated rings. The number of nitrogens with zero attached hydrogens (tertiary/aromatic N) is 4. The van der Waals surface area contributed by atoms with Crippen LogP contribution in [0.3, 0.4) is 0 Å². The Balaban J connectivity index is 2.02. The van der Waals surface area contributed by atoms with Crippen molar-refractivity contribution in [3.05, 3.63) is 22.7 Å². The zero-order valence-electron chi connectivity index (χ0n) is 9.94. The lowest BCUT2D eigenvalue weighted by Crippen LogP contribution is -2.08. The fraction of sp³-hybridized carbons (Fsp3) is 0.583. The standard InChI is InChI=1S/C12H14Cl2N4/c13-7-11-16-12-15-9(6-10(14)18(12)17-11)8-4-2-1-3-5-8/h6,8H,1-5,7H2. The molecule has 0 spiro atoms. The fourth-order valence-corrected chi connectivity index (χ4v) is 2.89. The summed E-state index contributed by atoms with van der Waals surface area (Å²) in [6.45, 7) is 0. The molecule has 0 unspecified atom stereocenters. The number of hydrogen-bond donors (Lipinski definition) is 0. The third-order valence-corrected chi connectivity index (χ3v) is 3.98. The first kappa shape index (κ1) is 12.2. The smallest absolute Gasteiger partial charge is 0.216 e. The van der Waals surface area contributed by atoms with E-state index in [9.17, 15) is 0 Å². The second-order valence-electron chi connectivity index (χ2n) is 4.71. The Morgan fingerprint density at radius 3 is 2.72 bits per heavy atom. The lowest BCUT2D eigenvalue weighted by Gasteiger charge is -2.20. The van der Waals surface area contributed by atoms with E-state index >= 15 is 0 Å². The van der Waals surface area contributed by atoms with Crippen LogP contribution in [0, 0.1) is 0 Å². The number of alkyl halides is 1. The van der Waals surface area contributed by atoms with Crippen LogP contribution in [0.15, 0.2) is 6.07 Å². The SMILES string of the molecule is ClCc1nc2nc(C3CCCCC3)cc(Cl)n2n1. The predicted molar refractivity (Wildman–Crippen MR) is 71.2 cm³/mol. The molecule has 0 atom stereocenters. The molecule has 1 aliphatic rings. The maximum absolute atomic E-state index is 6.23. The van der Waals surface area contributed by atoms with Crippen molar-refractivity contribution in [1.29, 1.82) is 0 Å². The zero-order chi connectivity index (χ0) is 12.5. The monoisotopic (exact) mass is 284 g/mol. The van der Waals surface area contributed by atoms with Crippen LogP contribution < -0.4 is 0 Å². The second kappa shape index (κ2) is 5.02. The Morgan fingerprint density at radius 2 is 2.00 bits per heavy atom. The van der Waals surface area contributed by atoms with E-state index < -0.39 is 0 Å². The van der Waals surface area contributed by atoms with Gasteiger partial charge in [-0.3, -0.25) is 0 Å². The summed E-state index contributed by atoms with van der Waals surface area (Å²) in [5.41, 5.74) is 1.04. The molecule has 1 aliphatic carbocycles. The molecule has 0 saturated heterocycles. The quantitative estimate of drug-likeness (QED) is 0.626. The van der Waals surface area contributed by atoms with E-state index in [-0.39, 0.29) is 5.88 Å². The minimum Gasteiger partial charge on any atom is -0.216 e. The highest BCUT2D eigenvalue weighted by Crippen LogP contribution is 2.32. The van der Waals surface area contributed by atoms with Crippen molar-refractivity contribution < 1.29 is 0 Å². The van der Waals surface area contributed by atoms with Crippen molar-refractivity contribution in [2.24, 2.45) is 0 Å². The third kappa shape index (κ3) is 2.19. The number of hydrogen-bond acceptors (Lipinski definition) is 3. The fourth-order valence-electron chi connectivity index (χ4n) is 2.56. The maximum Gasteiger partial charge on any atom is 0.254 e. The van der Waals surface area contributed by atoms with Crippen molar-refractivity contribution >= 4 is 29.0 Å². The van der Waals surface area contributed by atoms with Gasteiger partial charge in [-0.05, 0) is 18.9 Å². The minimum absolute atomic E-state index is 0.276. The summed E-state index contributed by atoms with van der Waals surface area (Å²) in [4.78, 5) is 8.85. The number of halogens is 2. The van der Waals surface area contributed by atoms with Gasteiger partial charge in [-0.1, -0.05) is 30.9 Å². The van der Waals surface area contributed by atoms with Gasteiger partial charge in [-0.15, -0.1) is 16.7 Å². The molecule has 3 rings (SSSR count). The summed E-state index contributed by atoms with van der Waals surface area (Å²) in [6, 6.07) is 1.91. The van der Waals surface area contributed by atoms with Crippen molar-refractivity contribution in [2.75, 3.05) is 0 Å². The van der Waals surface area contributed by atoms with Crippen LogP contribution in [0.5, 0.6) is 0 Å². The van der Waals surface area contributed by atoms with Crippen LogP contribution in [0.1, 0.15) is 49.5 Å². The molecule has 0 amide bonds. The minimum atomic E-state index is 0.276. The van der Waals surface area contributed by atoms with Gasteiger partial charge in [0.05, 0.1) is 11.6 Å². The van der Waals surface area contributed by atoms with Crippen LogP contribution in [-0.2, 0) is 5.88 Å². The van der Waals surface area contributed by atoms with Gasteiger partial charge in [-0.2, -0.15) is 9.50 Å². The third-order valence-electron chi connectivity index (χ3n) is 3.48. The molecule has 0 bridgehead atoms. The Labute approximate surface area is 115 Å². The van der Waals surface area contributed by atoms with Gasteiger partial charge in [-0.25, -0.2) is 4.98 Å². The highest BCUT2D eigenvalue weighted by Gasteiger charge is 2.19. The van der Waals surface area contributed by atoms with E-state index in [1.54, 1.807) is 4.52 Å². The van der Waals surface area contributed by atoms with Crippen LogP contribution in [0.25, 0.3) is 5.78 Å². The molecule has 2 heterocycles. The highest BCUT2D eigenvalue weighted by molar-refractivity contribution is 6.29. The molecule has 2 aromatic heterocycles. The van der Waals surface area contributed by atoms with Gasteiger partial charge in [0, 0.05) is 5.92 Å². The number of aromatic nitrogens is 4. The van der Waals surface area contributed by atoms with Crippen molar-refractivity contribution in [2.45, 2.75) is 43.9 Å².